The van der Waals surface area contributed by atoms with E-state index in [4.69, 9.17) is 9.47 Å². The fraction of sp³-hybridized carbons (Fsp3) is 0.438. The van der Waals surface area contributed by atoms with Gasteiger partial charge in [0.05, 0.1) is 12.7 Å². The predicted octanol–water partition coefficient (Wildman–Crippen LogP) is 2.08. The molecule has 1 rings (SSSR count). The maximum atomic E-state index is 12.3. The minimum Gasteiger partial charge on any atom is -0.493 e. The van der Waals surface area contributed by atoms with E-state index in [1.54, 1.807) is 13.8 Å². The number of rotatable bonds is 7. The first-order chi connectivity index (χ1) is 12.1. The Morgan fingerprint density at radius 2 is 1.73 bits per heavy atom. The Morgan fingerprint density at radius 1 is 1.08 bits per heavy atom. The summed E-state index contributed by atoms with van der Waals surface area (Å²) in [7, 11) is 1.21. The van der Waals surface area contributed by atoms with Crippen LogP contribution in [0, 0.1) is 0 Å². The molecule has 3 amide bonds. The van der Waals surface area contributed by atoms with E-state index < -0.39 is 30.6 Å². The number of carbonyl (C=O) groups excluding carboxylic acids is 3. The molecule has 0 saturated carbocycles. The molecule has 144 valence electrons. The van der Waals surface area contributed by atoms with Crippen molar-refractivity contribution in [3.8, 4) is 11.5 Å². The molecule has 0 bridgehead atoms. The van der Waals surface area contributed by atoms with E-state index in [9.17, 15) is 23.2 Å². The van der Waals surface area contributed by atoms with Gasteiger partial charge in [0.1, 0.15) is 0 Å². The zero-order chi connectivity index (χ0) is 19.9. The van der Waals surface area contributed by atoms with Crippen LogP contribution in [-0.2, 0) is 9.53 Å². The van der Waals surface area contributed by atoms with Crippen LogP contribution < -0.4 is 20.1 Å². The minimum atomic E-state index is -3.05. The Labute approximate surface area is 148 Å². The van der Waals surface area contributed by atoms with Gasteiger partial charge < -0.3 is 19.5 Å². The quantitative estimate of drug-likeness (QED) is 0.709. The standard InChI is InChI=1S/C16H20F2N2O6/c1-8(2)19-16(23)20-13(21)9(3)25-14(22)10-5-6-11(26-15(17)18)12(7-10)24-4/h5-9,15H,1-4H3,(H2,19,20,21,23). The molecule has 1 aromatic rings. The minimum absolute atomic E-state index is 0.0465. The lowest BCUT2D eigenvalue weighted by Gasteiger charge is -2.15. The van der Waals surface area contributed by atoms with Crippen LogP contribution in [0.2, 0.25) is 0 Å². The van der Waals surface area contributed by atoms with Crippen molar-refractivity contribution >= 4 is 17.9 Å². The topological polar surface area (TPSA) is 103 Å². The number of alkyl halides is 2. The third-order valence-corrected chi connectivity index (χ3v) is 2.92. The SMILES string of the molecule is COc1cc(C(=O)OC(C)C(=O)NC(=O)NC(C)C)ccc1OC(F)F. The van der Waals surface area contributed by atoms with Gasteiger partial charge in [0.2, 0.25) is 0 Å². The highest BCUT2D eigenvalue weighted by Gasteiger charge is 2.22. The van der Waals surface area contributed by atoms with Crippen LogP contribution in [0.5, 0.6) is 11.5 Å². The Balaban J connectivity index is 2.74. The van der Waals surface area contributed by atoms with Gasteiger partial charge in [-0.3, -0.25) is 10.1 Å². The lowest BCUT2D eigenvalue weighted by Crippen LogP contribution is -2.46. The molecule has 0 heterocycles. The molecule has 2 N–H and O–H groups in total. The number of carbonyl (C=O) groups is 3. The third kappa shape index (κ3) is 6.54. The Kier molecular flexibility index (Phi) is 7.76. The van der Waals surface area contributed by atoms with Crippen molar-refractivity contribution in [3.05, 3.63) is 23.8 Å². The van der Waals surface area contributed by atoms with Crippen molar-refractivity contribution in [2.24, 2.45) is 0 Å². The first-order valence-electron chi connectivity index (χ1n) is 7.59. The van der Waals surface area contributed by atoms with Crippen molar-refractivity contribution in [1.29, 1.82) is 0 Å². The van der Waals surface area contributed by atoms with Gasteiger partial charge in [0.25, 0.3) is 5.91 Å². The van der Waals surface area contributed by atoms with Crippen LogP contribution in [0.4, 0.5) is 13.6 Å². The molecule has 0 saturated heterocycles. The van der Waals surface area contributed by atoms with Crippen LogP contribution in [0.25, 0.3) is 0 Å². The van der Waals surface area contributed by atoms with Gasteiger partial charge >= 0.3 is 18.6 Å². The van der Waals surface area contributed by atoms with Crippen LogP contribution in [0.1, 0.15) is 31.1 Å². The molecule has 0 aromatic heterocycles. The third-order valence-electron chi connectivity index (χ3n) is 2.92. The largest absolute Gasteiger partial charge is 0.493 e. The number of amides is 3. The van der Waals surface area contributed by atoms with Gasteiger partial charge in [-0.05, 0) is 39.0 Å². The van der Waals surface area contributed by atoms with Gasteiger partial charge in [-0.2, -0.15) is 8.78 Å². The molecule has 8 nitrogen and oxygen atoms in total. The summed E-state index contributed by atoms with van der Waals surface area (Å²) in [6.45, 7) is 1.65. The first kappa shape index (κ1) is 21.1. The number of urea groups is 1. The molecule has 0 aliphatic carbocycles. The highest BCUT2D eigenvalue weighted by molar-refractivity contribution is 5.98. The maximum Gasteiger partial charge on any atom is 0.387 e. The number of halogens is 2. The molecule has 1 aromatic carbocycles. The molecule has 26 heavy (non-hydrogen) atoms. The molecule has 0 fully saturated rings. The van der Waals surface area contributed by atoms with E-state index in [0.717, 1.165) is 12.1 Å². The van der Waals surface area contributed by atoms with Crippen LogP contribution >= 0.6 is 0 Å². The van der Waals surface area contributed by atoms with E-state index in [1.807, 2.05) is 5.32 Å². The molecule has 0 radical (unpaired) electrons. The molecular formula is C16H20F2N2O6. The Morgan fingerprint density at radius 3 is 2.27 bits per heavy atom. The number of ether oxygens (including phenoxy) is 3. The number of nitrogens with one attached hydrogen (secondary N) is 2. The predicted molar refractivity (Wildman–Crippen MR) is 86.3 cm³/mol. The van der Waals surface area contributed by atoms with Crippen LogP contribution in [0.15, 0.2) is 18.2 Å². The number of esters is 1. The fourth-order valence-electron chi connectivity index (χ4n) is 1.78. The highest BCUT2D eigenvalue weighted by atomic mass is 19.3. The van der Waals surface area contributed by atoms with Gasteiger partial charge in [0.15, 0.2) is 17.6 Å². The number of hydrogen-bond acceptors (Lipinski definition) is 6. The van der Waals surface area contributed by atoms with E-state index in [1.165, 1.54) is 20.1 Å². The molecule has 10 heteroatoms. The average Bonchev–Trinajstić information content (AvgIpc) is 2.53. The zero-order valence-corrected chi connectivity index (χ0v) is 14.7. The summed E-state index contributed by atoms with van der Waals surface area (Å²) in [5.41, 5.74) is -0.0465. The number of hydrogen-bond donors (Lipinski definition) is 2. The highest BCUT2D eigenvalue weighted by Crippen LogP contribution is 2.29. The second-order valence-electron chi connectivity index (χ2n) is 5.41. The van der Waals surface area contributed by atoms with Crippen molar-refractivity contribution in [3.63, 3.8) is 0 Å². The van der Waals surface area contributed by atoms with E-state index in [2.05, 4.69) is 10.1 Å². The summed E-state index contributed by atoms with van der Waals surface area (Å²) in [4.78, 5) is 35.4. The normalized spacial score (nSPS) is 11.7. The smallest absolute Gasteiger partial charge is 0.387 e. The summed E-state index contributed by atoms with van der Waals surface area (Å²) >= 11 is 0. The van der Waals surface area contributed by atoms with E-state index >= 15 is 0 Å². The Bertz CT molecular complexity index is 666. The number of benzene rings is 1. The second kappa shape index (κ2) is 9.54. The van der Waals surface area contributed by atoms with Crippen LogP contribution in [-0.4, -0.2) is 43.8 Å². The van der Waals surface area contributed by atoms with Crippen molar-refractivity contribution < 1.29 is 37.4 Å². The summed E-state index contributed by atoms with van der Waals surface area (Å²) < 4.78 is 38.7. The monoisotopic (exact) mass is 374 g/mol. The van der Waals surface area contributed by atoms with Gasteiger partial charge in [-0.25, -0.2) is 9.59 Å². The molecule has 0 spiro atoms. The molecule has 1 unspecified atom stereocenters. The van der Waals surface area contributed by atoms with Crippen molar-refractivity contribution in [1.82, 2.24) is 10.6 Å². The fourth-order valence-corrected chi connectivity index (χ4v) is 1.78. The molecule has 1 atom stereocenters. The number of methoxy groups -OCH3 is 1. The van der Waals surface area contributed by atoms with Gasteiger partial charge in [-0.15, -0.1) is 0 Å². The summed E-state index contributed by atoms with van der Waals surface area (Å²) in [5.74, 6) is -2.08. The maximum absolute atomic E-state index is 12.3. The van der Waals surface area contributed by atoms with Crippen molar-refractivity contribution in [2.75, 3.05) is 7.11 Å². The van der Waals surface area contributed by atoms with Gasteiger partial charge in [0, 0.05) is 6.04 Å². The number of imide groups is 1. The van der Waals surface area contributed by atoms with Crippen LogP contribution in [0.3, 0.4) is 0 Å². The summed E-state index contributed by atoms with van der Waals surface area (Å²) in [6, 6.07) is 2.53. The molecule has 0 aliphatic rings. The summed E-state index contributed by atoms with van der Waals surface area (Å²) in [6.07, 6.45) is -1.26. The van der Waals surface area contributed by atoms with Gasteiger partial charge in [-0.1, -0.05) is 0 Å². The second-order valence-corrected chi connectivity index (χ2v) is 5.41. The first-order valence-corrected chi connectivity index (χ1v) is 7.59. The lowest BCUT2D eigenvalue weighted by molar-refractivity contribution is -0.127. The van der Waals surface area contributed by atoms with Crippen molar-refractivity contribution in [2.45, 2.75) is 39.5 Å². The zero-order valence-electron chi connectivity index (χ0n) is 14.7. The molecule has 0 aliphatic heterocycles. The van der Waals surface area contributed by atoms with E-state index in [-0.39, 0.29) is 23.1 Å². The molecular weight excluding hydrogens is 354 g/mol. The Hall–Kier alpha value is -2.91. The lowest BCUT2D eigenvalue weighted by atomic mass is 10.2. The van der Waals surface area contributed by atoms with E-state index in [0.29, 0.717) is 0 Å². The summed E-state index contributed by atoms with van der Waals surface area (Å²) in [5, 5.41) is 4.47. The average molecular weight is 374 g/mol.